The Labute approximate surface area is 111 Å². The summed E-state index contributed by atoms with van der Waals surface area (Å²) in [5, 5.41) is 5.09. The Hall–Kier alpha value is -1.53. The minimum atomic E-state index is -0.577. The molecule has 0 saturated heterocycles. The van der Waals surface area contributed by atoms with Crippen LogP contribution >= 0.6 is 12.4 Å². The van der Waals surface area contributed by atoms with Crippen LogP contribution in [-0.4, -0.2) is 33.7 Å². The maximum absolute atomic E-state index is 13.6. The molecule has 0 aliphatic heterocycles. The van der Waals surface area contributed by atoms with Crippen molar-refractivity contribution in [2.75, 3.05) is 33.1 Å². The van der Waals surface area contributed by atoms with E-state index in [1.807, 2.05) is 0 Å². The predicted molar refractivity (Wildman–Crippen MR) is 69.3 cm³/mol. The summed E-state index contributed by atoms with van der Waals surface area (Å²) in [7, 11) is 4.48. The number of ether oxygens (including phenoxy) is 2. The summed E-state index contributed by atoms with van der Waals surface area (Å²) in [5.74, 6) is -0.281. The van der Waals surface area contributed by atoms with E-state index in [1.54, 1.807) is 7.05 Å². The number of rotatable bonds is 5. The summed E-state index contributed by atoms with van der Waals surface area (Å²) in [6.07, 6.45) is 0. The van der Waals surface area contributed by atoms with E-state index in [2.05, 4.69) is 10.6 Å². The van der Waals surface area contributed by atoms with Gasteiger partial charge in [-0.05, 0) is 7.05 Å². The van der Waals surface area contributed by atoms with E-state index in [9.17, 15) is 9.18 Å². The van der Waals surface area contributed by atoms with Crippen molar-refractivity contribution in [1.82, 2.24) is 5.32 Å². The Kier molecular flexibility index (Phi) is 7.07. The molecule has 0 atom stereocenters. The van der Waals surface area contributed by atoms with Gasteiger partial charge in [-0.3, -0.25) is 4.79 Å². The van der Waals surface area contributed by atoms with Crippen LogP contribution < -0.4 is 20.1 Å². The topological polar surface area (TPSA) is 59.6 Å². The van der Waals surface area contributed by atoms with Crippen molar-refractivity contribution >= 4 is 24.0 Å². The molecule has 0 bridgehead atoms. The predicted octanol–water partition coefficient (Wildman–Crippen LogP) is 1.42. The van der Waals surface area contributed by atoms with Gasteiger partial charge in [-0.15, -0.1) is 12.4 Å². The minimum Gasteiger partial charge on any atom is -0.493 e. The second kappa shape index (κ2) is 7.73. The first-order valence-corrected chi connectivity index (χ1v) is 4.98. The maximum Gasteiger partial charge on any atom is 0.238 e. The van der Waals surface area contributed by atoms with Crippen molar-refractivity contribution in [2.45, 2.75) is 0 Å². The SMILES string of the molecule is CNCC(=O)Nc1cc(OC)c(OC)cc1F.Cl. The van der Waals surface area contributed by atoms with Crippen LogP contribution in [0, 0.1) is 5.82 Å². The summed E-state index contributed by atoms with van der Waals surface area (Å²) < 4.78 is 23.5. The highest BCUT2D eigenvalue weighted by Crippen LogP contribution is 2.32. The monoisotopic (exact) mass is 278 g/mol. The first-order valence-electron chi connectivity index (χ1n) is 4.98. The fraction of sp³-hybridized carbons (Fsp3) is 0.364. The molecule has 0 aliphatic carbocycles. The van der Waals surface area contributed by atoms with Crippen LogP contribution in [0.3, 0.4) is 0 Å². The number of carbonyl (C=O) groups is 1. The zero-order chi connectivity index (χ0) is 12.8. The van der Waals surface area contributed by atoms with E-state index in [4.69, 9.17) is 9.47 Å². The van der Waals surface area contributed by atoms with Crippen LogP contribution in [0.1, 0.15) is 0 Å². The van der Waals surface area contributed by atoms with Gasteiger partial charge in [0.2, 0.25) is 5.91 Å². The van der Waals surface area contributed by atoms with Gasteiger partial charge in [-0.1, -0.05) is 0 Å². The van der Waals surface area contributed by atoms with Gasteiger partial charge in [0.1, 0.15) is 0 Å². The lowest BCUT2D eigenvalue weighted by atomic mass is 10.2. The van der Waals surface area contributed by atoms with Gasteiger partial charge in [0, 0.05) is 12.1 Å². The van der Waals surface area contributed by atoms with E-state index in [1.165, 1.54) is 20.3 Å². The fourth-order valence-corrected chi connectivity index (χ4v) is 1.30. The summed E-state index contributed by atoms with van der Waals surface area (Å²) in [6, 6.07) is 2.54. The van der Waals surface area contributed by atoms with Crippen LogP contribution in [0.15, 0.2) is 12.1 Å². The van der Waals surface area contributed by atoms with E-state index < -0.39 is 5.82 Å². The number of likely N-dealkylation sites (N-methyl/N-ethyl adjacent to an activating group) is 1. The standard InChI is InChI=1S/C11H15FN2O3.ClH/c1-13-6-11(15)14-8-5-10(17-3)9(16-2)4-7(8)12;/h4-5,13H,6H2,1-3H3,(H,14,15);1H. The molecule has 1 amide bonds. The number of anilines is 1. The Morgan fingerprint density at radius 2 is 1.83 bits per heavy atom. The molecule has 0 saturated carbocycles. The van der Waals surface area contributed by atoms with E-state index in [-0.39, 0.29) is 36.3 Å². The van der Waals surface area contributed by atoms with E-state index in [0.29, 0.717) is 5.75 Å². The van der Waals surface area contributed by atoms with Gasteiger partial charge >= 0.3 is 0 Å². The number of halogens is 2. The third-order valence-corrected chi connectivity index (χ3v) is 2.08. The summed E-state index contributed by atoms with van der Waals surface area (Å²) in [5.41, 5.74) is 0.0582. The average Bonchev–Trinajstić information content (AvgIpc) is 2.31. The number of benzene rings is 1. The molecule has 1 aromatic carbocycles. The zero-order valence-electron chi connectivity index (χ0n) is 10.4. The molecule has 2 N–H and O–H groups in total. The van der Waals surface area contributed by atoms with Crippen LogP contribution in [0.25, 0.3) is 0 Å². The fourth-order valence-electron chi connectivity index (χ4n) is 1.30. The highest BCUT2D eigenvalue weighted by atomic mass is 35.5. The number of nitrogens with one attached hydrogen (secondary N) is 2. The first-order chi connectivity index (χ1) is 8.12. The molecule has 0 heterocycles. The van der Waals surface area contributed by atoms with Crippen molar-refractivity contribution in [1.29, 1.82) is 0 Å². The normalized spacial score (nSPS) is 9.33. The average molecular weight is 279 g/mol. The van der Waals surface area contributed by atoms with Crippen molar-refractivity contribution in [3.05, 3.63) is 17.9 Å². The van der Waals surface area contributed by atoms with Crippen molar-refractivity contribution in [3.8, 4) is 11.5 Å². The summed E-state index contributed by atoms with van der Waals surface area (Å²) >= 11 is 0. The van der Waals surface area contributed by atoms with E-state index in [0.717, 1.165) is 6.07 Å². The van der Waals surface area contributed by atoms with Gasteiger partial charge in [0.05, 0.1) is 26.5 Å². The number of carbonyl (C=O) groups excluding carboxylic acids is 1. The summed E-state index contributed by atoms with van der Waals surface area (Å²) in [4.78, 5) is 11.3. The second-order valence-corrected chi connectivity index (χ2v) is 3.27. The smallest absolute Gasteiger partial charge is 0.238 e. The molecule has 1 aromatic rings. The number of hydrogen-bond acceptors (Lipinski definition) is 4. The third kappa shape index (κ3) is 4.05. The Balaban J connectivity index is 0.00000289. The summed E-state index contributed by atoms with van der Waals surface area (Å²) in [6.45, 7) is 0.105. The van der Waals surface area contributed by atoms with E-state index >= 15 is 0 Å². The van der Waals surface area contributed by atoms with Gasteiger partial charge < -0.3 is 20.1 Å². The Morgan fingerprint density at radius 3 is 2.33 bits per heavy atom. The van der Waals surface area contributed by atoms with Gasteiger partial charge in [-0.25, -0.2) is 4.39 Å². The second-order valence-electron chi connectivity index (χ2n) is 3.27. The third-order valence-electron chi connectivity index (χ3n) is 2.08. The molecule has 0 radical (unpaired) electrons. The maximum atomic E-state index is 13.6. The quantitative estimate of drug-likeness (QED) is 0.855. The van der Waals surface area contributed by atoms with Crippen LogP contribution in [0.4, 0.5) is 10.1 Å². The molecule has 0 fully saturated rings. The van der Waals surface area contributed by atoms with Gasteiger partial charge in [0.25, 0.3) is 0 Å². The lowest BCUT2D eigenvalue weighted by Gasteiger charge is -2.11. The Bertz CT molecular complexity index is 416. The molecule has 0 spiro atoms. The van der Waals surface area contributed by atoms with Crippen LogP contribution in [0.2, 0.25) is 0 Å². The molecule has 18 heavy (non-hydrogen) atoms. The molecule has 7 heteroatoms. The lowest BCUT2D eigenvalue weighted by molar-refractivity contribution is -0.115. The number of amides is 1. The Morgan fingerprint density at radius 1 is 1.28 bits per heavy atom. The molecule has 102 valence electrons. The highest BCUT2D eigenvalue weighted by Gasteiger charge is 2.12. The lowest BCUT2D eigenvalue weighted by Crippen LogP contribution is -2.25. The van der Waals surface area contributed by atoms with Crippen molar-refractivity contribution < 1.29 is 18.7 Å². The molecule has 0 aromatic heterocycles. The highest BCUT2D eigenvalue weighted by molar-refractivity contribution is 5.92. The number of methoxy groups -OCH3 is 2. The molecule has 0 unspecified atom stereocenters. The molecular formula is C11H16ClFN2O3. The largest absolute Gasteiger partial charge is 0.493 e. The van der Waals surface area contributed by atoms with Gasteiger partial charge in [0.15, 0.2) is 17.3 Å². The van der Waals surface area contributed by atoms with Crippen molar-refractivity contribution in [3.63, 3.8) is 0 Å². The molecule has 1 rings (SSSR count). The number of hydrogen-bond donors (Lipinski definition) is 2. The van der Waals surface area contributed by atoms with Gasteiger partial charge in [-0.2, -0.15) is 0 Å². The minimum absolute atomic E-state index is 0. The first kappa shape index (κ1) is 16.5. The van der Waals surface area contributed by atoms with Crippen molar-refractivity contribution in [2.24, 2.45) is 0 Å². The molecular weight excluding hydrogens is 263 g/mol. The molecule has 0 aliphatic rings. The molecule has 5 nitrogen and oxygen atoms in total. The van der Waals surface area contributed by atoms with Crippen LogP contribution in [0.5, 0.6) is 11.5 Å². The van der Waals surface area contributed by atoms with Crippen LogP contribution in [-0.2, 0) is 4.79 Å². The zero-order valence-corrected chi connectivity index (χ0v) is 11.2.